The Morgan fingerprint density at radius 1 is 1.38 bits per heavy atom. The van der Waals surface area contributed by atoms with Crippen LogP contribution in [0, 0.1) is 16.0 Å². The lowest BCUT2D eigenvalue weighted by molar-refractivity contribution is -0.387. The average molecular weight is 398 g/mol. The molecule has 0 aliphatic carbocycles. The molecule has 7 nitrogen and oxygen atoms in total. The average Bonchev–Trinajstić information content (AvgIpc) is 2.53. The largest absolute Gasteiger partial charge is 0.317 e. The third-order valence-corrected chi connectivity index (χ3v) is 6.16. The van der Waals surface area contributed by atoms with E-state index < -0.39 is 20.6 Å². The summed E-state index contributed by atoms with van der Waals surface area (Å²) < 4.78 is 26.8. The second-order valence-corrected chi connectivity index (χ2v) is 7.87. The van der Waals surface area contributed by atoms with Gasteiger partial charge in [0, 0.05) is 24.2 Å². The number of rotatable bonds is 6. The molecule has 1 N–H and O–H groups in total. The monoisotopic (exact) mass is 397 g/mol. The van der Waals surface area contributed by atoms with Crippen molar-refractivity contribution in [3.63, 3.8) is 0 Å². The number of benzene rings is 1. The Hall–Kier alpha value is -0.930. The van der Waals surface area contributed by atoms with Gasteiger partial charge in [-0.25, -0.2) is 8.42 Å². The van der Waals surface area contributed by atoms with Crippen LogP contribution < -0.4 is 5.32 Å². The number of hydrogen-bond donors (Lipinski definition) is 1. The molecule has 1 aromatic carbocycles. The summed E-state index contributed by atoms with van der Waals surface area (Å²) in [5.41, 5.74) is -0.441. The SMILES string of the molecule is CCNCC1CCN(S(=O)(=O)c2cc(Cl)ccc2[N+](=O)[O-])CC1.Cl. The molecular formula is C14H21Cl2N3O4S. The minimum atomic E-state index is -3.92. The number of sulfonamides is 1. The van der Waals surface area contributed by atoms with Crippen LogP contribution in [0.2, 0.25) is 5.02 Å². The molecule has 0 saturated carbocycles. The van der Waals surface area contributed by atoms with Crippen molar-refractivity contribution in [2.24, 2.45) is 5.92 Å². The smallest absolute Gasteiger partial charge is 0.289 e. The highest BCUT2D eigenvalue weighted by Gasteiger charge is 2.34. The quantitative estimate of drug-likeness (QED) is 0.588. The molecule has 136 valence electrons. The molecule has 2 rings (SSSR count). The highest BCUT2D eigenvalue weighted by Crippen LogP contribution is 2.31. The van der Waals surface area contributed by atoms with Gasteiger partial charge in [-0.05, 0) is 44.0 Å². The number of halogens is 2. The molecule has 0 unspecified atom stereocenters. The van der Waals surface area contributed by atoms with Gasteiger partial charge in [0.15, 0.2) is 4.90 Å². The Balaban J connectivity index is 0.00000288. The van der Waals surface area contributed by atoms with Crippen LogP contribution in [-0.2, 0) is 10.0 Å². The van der Waals surface area contributed by atoms with Crippen LogP contribution in [0.1, 0.15) is 19.8 Å². The first-order chi connectivity index (χ1) is 10.9. The molecule has 1 aliphatic heterocycles. The number of nitrogens with zero attached hydrogens (tertiary/aromatic N) is 2. The summed E-state index contributed by atoms with van der Waals surface area (Å²) in [6.45, 7) is 4.50. The molecular weight excluding hydrogens is 377 g/mol. The van der Waals surface area contributed by atoms with Crippen LogP contribution in [-0.4, -0.2) is 43.8 Å². The van der Waals surface area contributed by atoms with Crippen molar-refractivity contribution < 1.29 is 13.3 Å². The fourth-order valence-corrected chi connectivity index (χ4v) is 4.58. The Morgan fingerprint density at radius 2 is 2.00 bits per heavy atom. The van der Waals surface area contributed by atoms with Crippen LogP contribution in [0.4, 0.5) is 5.69 Å². The molecule has 0 aromatic heterocycles. The second-order valence-electron chi connectivity index (χ2n) is 5.52. The molecule has 0 radical (unpaired) electrons. The first kappa shape index (κ1) is 21.1. The van der Waals surface area contributed by atoms with E-state index in [1.807, 2.05) is 6.92 Å². The minimum absolute atomic E-state index is 0. The van der Waals surface area contributed by atoms with E-state index in [9.17, 15) is 18.5 Å². The third-order valence-electron chi connectivity index (χ3n) is 3.99. The van der Waals surface area contributed by atoms with Crippen molar-refractivity contribution in [2.45, 2.75) is 24.7 Å². The number of nitrogens with one attached hydrogen (secondary N) is 1. The van der Waals surface area contributed by atoms with Crippen molar-refractivity contribution in [3.8, 4) is 0 Å². The normalized spacial score (nSPS) is 16.6. The highest BCUT2D eigenvalue weighted by atomic mass is 35.5. The fourth-order valence-electron chi connectivity index (χ4n) is 2.69. The van der Waals surface area contributed by atoms with Crippen molar-refractivity contribution in [1.82, 2.24) is 9.62 Å². The molecule has 0 bridgehead atoms. The maximum atomic E-state index is 12.7. The van der Waals surface area contributed by atoms with E-state index in [-0.39, 0.29) is 22.3 Å². The van der Waals surface area contributed by atoms with Gasteiger partial charge in [-0.2, -0.15) is 4.31 Å². The van der Waals surface area contributed by atoms with Crippen LogP contribution in [0.3, 0.4) is 0 Å². The lowest BCUT2D eigenvalue weighted by Gasteiger charge is -2.31. The van der Waals surface area contributed by atoms with E-state index >= 15 is 0 Å². The Bertz CT molecular complexity index is 677. The van der Waals surface area contributed by atoms with Gasteiger partial charge < -0.3 is 5.32 Å². The van der Waals surface area contributed by atoms with E-state index in [0.29, 0.717) is 19.0 Å². The van der Waals surface area contributed by atoms with Crippen LogP contribution in [0.15, 0.2) is 23.1 Å². The Labute approximate surface area is 153 Å². The summed E-state index contributed by atoms with van der Waals surface area (Å²) in [4.78, 5) is 10.1. The number of hydrogen-bond acceptors (Lipinski definition) is 5. The van der Waals surface area contributed by atoms with Gasteiger partial charge in [-0.1, -0.05) is 18.5 Å². The van der Waals surface area contributed by atoms with Gasteiger partial charge >= 0.3 is 0 Å². The lowest BCUT2D eigenvalue weighted by Crippen LogP contribution is -2.40. The van der Waals surface area contributed by atoms with E-state index in [0.717, 1.165) is 38.1 Å². The Morgan fingerprint density at radius 3 is 2.54 bits per heavy atom. The van der Waals surface area contributed by atoms with Gasteiger partial charge in [0.1, 0.15) is 0 Å². The summed E-state index contributed by atoms with van der Waals surface area (Å²) in [6.07, 6.45) is 1.47. The van der Waals surface area contributed by atoms with Crippen molar-refractivity contribution in [3.05, 3.63) is 33.3 Å². The predicted molar refractivity (Wildman–Crippen MR) is 95.4 cm³/mol. The summed E-state index contributed by atoms with van der Waals surface area (Å²) in [5, 5.41) is 14.5. The first-order valence-corrected chi connectivity index (χ1v) is 9.33. The molecule has 1 saturated heterocycles. The molecule has 0 atom stereocenters. The lowest BCUT2D eigenvalue weighted by atomic mass is 9.98. The van der Waals surface area contributed by atoms with Gasteiger partial charge in [0.05, 0.1) is 4.92 Å². The highest BCUT2D eigenvalue weighted by molar-refractivity contribution is 7.89. The van der Waals surface area contributed by atoms with E-state index in [1.54, 1.807) is 0 Å². The standard InChI is InChI=1S/C14H20ClN3O4S.ClH/c1-2-16-10-11-5-7-17(8-6-11)23(21,22)14-9-12(15)3-4-13(14)18(19)20;/h3-4,9,11,16H,2,5-8,10H2,1H3;1H. The van der Waals surface area contributed by atoms with Crippen LogP contribution >= 0.6 is 24.0 Å². The maximum Gasteiger partial charge on any atom is 0.289 e. The maximum absolute atomic E-state index is 12.7. The number of nitro benzene ring substituents is 1. The fraction of sp³-hybridized carbons (Fsp3) is 0.571. The zero-order valence-corrected chi connectivity index (χ0v) is 15.7. The van der Waals surface area contributed by atoms with E-state index in [4.69, 9.17) is 11.6 Å². The number of nitro groups is 1. The van der Waals surface area contributed by atoms with Crippen molar-refractivity contribution >= 4 is 39.7 Å². The molecule has 24 heavy (non-hydrogen) atoms. The summed E-state index contributed by atoms with van der Waals surface area (Å²) in [6, 6.07) is 3.61. The van der Waals surface area contributed by atoms with Gasteiger partial charge in [-0.3, -0.25) is 10.1 Å². The van der Waals surface area contributed by atoms with Crippen LogP contribution in [0.25, 0.3) is 0 Å². The molecule has 0 spiro atoms. The van der Waals surface area contributed by atoms with Gasteiger partial charge in [-0.15, -0.1) is 12.4 Å². The van der Waals surface area contributed by atoms with Gasteiger partial charge in [0.25, 0.3) is 5.69 Å². The zero-order valence-electron chi connectivity index (χ0n) is 13.3. The van der Waals surface area contributed by atoms with Crippen molar-refractivity contribution in [1.29, 1.82) is 0 Å². The first-order valence-electron chi connectivity index (χ1n) is 7.51. The molecule has 1 aromatic rings. The minimum Gasteiger partial charge on any atom is -0.317 e. The summed E-state index contributed by atoms with van der Waals surface area (Å²) in [7, 11) is -3.92. The molecule has 1 fully saturated rings. The number of piperidine rings is 1. The summed E-state index contributed by atoms with van der Waals surface area (Å²) >= 11 is 5.83. The van der Waals surface area contributed by atoms with Crippen molar-refractivity contribution in [2.75, 3.05) is 26.2 Å². The van der Waals surface area contributed by atoms with Gasteiger partial charge in [0.2, 0.25) is 10.0 Å². The molecule has 1 heterocycles. The zero-order chi connectivity index (χ0) is 17.0. The molecule has 0 amide bonds. The van der Waals surface area contributed by atoms with E-state index in [1.165, 1.54) is 10.4 Å². The third kappa shape index (κ3) is 4.80. The Kier molecular flexibility index (Phi) is 7.88. The van der Waals surface area contributed by atoms with Crippen LogP contribution in [0.5, 0.6) is 0 Å². The second kappa shape index (κ2) is 8.96. The molecule has 1 aliphatic rings. The molecule has 10 heteroatoms. The topological polar surface area (TPSA) is 92.6 Å². The van der Waals surface area contributed by atoms with E-state index in [2.05, 4.69) is 5.32 Å². The summed E-state index contributed by atoms with van der Waals surface area (Å²) in [5.74, 6) is 0.427. The predicted octanol–water partition coefficient (Wildman–Crippen LogP) is 2.68.